The van der Waals surface area contributed by atoms with Gasteiger partial charge in [0.1, 0.15) is 5.70 Å². The van der Waals surface area contributed by atoms with E-state index in [-0.39, 0.29) is 17.0 Å². The van der Waals surface area contributed by atoms with Gasteiger partial charge in [-0.3, -0.25) is 0 Å². The van der Waals surface area contributed by atoms with Crippen LogP contribution in [-0.4, -0.2) is 4.57 Å². The molecule has 4 heteroatoms. The summed E-state index contributed by atoms with van der Waals surface area (Å²) >= 11 is 0. The van der Waals surface area contributed by atoms with E-state index >= 15 is 0 Å². The maximum Gasteiger partial charge on any atom is 0.345 e. The summed E-state index contributed by atoms with van der Waals surface area (Å²) in [7, 11) is 0. The van der Waals surface area contributed by atoms with Crippen molar-refractivity contribution in [2.75, 3.05) is 0 Å². The number of fused-ring (bicyclic) bond motifs is 1. The summed E-state index contributed by atoms with van der Waals surface area (Å²) < 4.78 is 3.23. The zero-order valence-corrected chi connectivity index (χ0v) is 16.3. The molecule has 29 heavy (non-hydrogen) atoms. The van der Waals surface area contributed by atoms with Crippen LogP contribution in [0.4, 0.5) is 0 Å². The molecule has 0 aliphatic carbocycles. The van der Waals surface area contributed by atoms with Crippen molar-refractivity contribution in [1.82, 2.24) is 4.57 Å². The van der Waals surface area contributed by atoms with E-state index in [2.05, 4.69) is 0 Å². The monoisotopic (exact) mass is 382 g/mol. The minimum Gasteiger partial charge on any atom is -0.842 e. The van der Waals surface area contributed by atoms with E-state index in [1.807, 2.05) is 85.8 Å². The first-order chi connectivity index (χ1) is 14.2. The van der Waals surface area contributed by atoms with Crippen molar-refractivity contribution in [2.45, 2.75) is 19.8 Å². The summed E-state index contributed by atoms with van der Waals surface area (Å²) in [6.45, 7) is 2.04. The highest BCUT2D eigenvalue weighted by molar-refractivity contribution is 5.69. The van der Waals surface area contributed by atoms with Gasteiger partial charge in [0, 0.05) is 18.1 Å². The van der Waals surface area contributed by atoms with Crippen molar-refractivity contribution < 1.29 is 9.51 Å². The fourth-order valence-corrected chi connectivity index (χ4v) is 3.59. The van der Waals surface area contributed by atoms with E-state index in [9.17, 15) is 9.90 Å². The molecule has 0 aliphatic rings. The van der Waals surface area contributed by atoms with Gasteiger partial charge >= 0.3 is 5.56 Å². The molecule has 2 heterocycles. The summed E-state index contributed by atoms with van der Waals surface area (Å²) in [5, 5.41) is 13.2. The van der Waals surface area contributed by atoms with Gasteiger partial charge in [-0.05, 0) is 24.1 Å². The summed E-state index contributed by atoms with van der Waals surface area (Å²) in [5.74, 6) is -0.269. The fraction of sp³-hybridized carbons (Fsp3) is 0.120. The van der Waals surface area contributed by atoms with Gasteiger partial charge in [0.25, 0.3) is 5.65 Å². The van der Waals surface area contributed by atoms with Crippen molar-refractivity contribution in [3.63, 3.8) is 0 Å². The molecule has 4 rings (SSSR count). The molecule has 0 aliphatic heterocycles. The standard InChI is InChI=1S/C25H22N2O2/c1-2-11-22(20-14-7-4-8-15-20)27-23-16-9-10-17-26(23)24(28)21(25(27)29)18-19-12-5-3-6-13-19/h3-17H,2,18H2,1H3/b22-11+. The Morgan fingerprint density at radius 1 is 0.966 bits per heavy atom. The molecule has 144 valence electrons. The molecule has 0 radical (unpaired) electrons. The lowest BCUT2D eigenvalue weighted by molar-refractivity contribution is -0.588. The third-order valence-electron chi connectivity index (χ3n) is 4.94. The fourth-order valence-electron chi connectivity index (χ4n) is 3.59. The molecule has 2 aromatic heterocycles. The van der Waals surface area contributed by atoms with Crippen molar-refractivity contribution in [2.24, 2.45) is 0 Å². The first-order valence-electron chi connectivity index (χ1n) is 9.76. The second-order valence-corrected chi connectivity index (χ2v) is 6.88. The van der Waals surface area contributed by atoms with Crippen LogP contribution in [0, 0.1) is 0 Å². The average Bonchev–Trinajstić information content (AvgIpc) is 2.77. The van der Waals surface area contributed by atoms with E-state index in [1.165, 1.54) is 0 Å². The Balaban J connectivity index is 2.03. The molecule has 0 saturated carbocycles. The summed E-state index contributed by atoms with van der Waals surface area (Å²) in [6, 6.07) is 24.9. The van der Waals surface area contributed by atoms with Crippen LogP contribution < -0.4 is 15.1 Å². The second kappa shape index (κ2) is 8.15. The summed E-state index contributed by atoms with van der Waals surface area (Å²) in [5.41, 5.74) is 3.21. The number of nitrogens with zero attached hydrogens (tertiary/aromatic N) is 2. The van der Waals surface area contributed by atoms with E-state index in [0.29, 0.717) is 12.1 Å². The first kappa shape index (κ1) is 18.7. The van der Waals surface area contributed by atoms with Crippen LogP contribution in [0.25, 0.3) is 11.3 Å². The molecule has 0 unspecified atom stereocenters. The SMILES string of the molecule is CC/C=C(\c1ccccc1)n1c(=O)c(Cc2ccccc2)c([O-])[n+]2ccccc12. The Morgan fingerprint density at radius 3 is 2.31 bits per heavy atom. The third-order valence-corrected chi connectivity index (χ3v) is 4.94. The van der Waals surface area contributed by atoms with Crippen LogP contribution in [0.1, 0.15) is 30.0 Å². The van der Waals surface area contributed by atoms with Gasteiger partial charge in [-0.1, -0.05) is 73.7 Å². The molecule has 0 N–H and O–H groups in total. The molecular weight excluding hydrogens is 360 g/mol. The molecule has 0 bridgehead atoms. The lowest BCUT2D eigenvalue weighted by Crippen LogP contribution is -2.39. The lowest BCUT2D eigenvalue weighted by atomic mass is 10.1. The number of pyridine rings is 1. The number of rotatable bonds is 5. The highest BCUT2D eigenvalue weighted by Crippen LogP contribution is 2.20. The zero-order chi connectivity index (χ0) is 20.2. The molecule has 4 nitrogen and oxygen atoms in total. The molecule has 4 aromatic rings. The van der Waals surface area contributed by atoms with Gasteiger partial charge in [0.05, 0.1) is 17.6 Å². The first-order valence-corrected chi connectivity index (χ1v) is 9.76. The van der Waals surface area contributed by atoms with Crippen molar-refractivity contribution in [3.05, 3.63) is 118 Å². The number of hydrogen-bond donors (Lipinski definition) is 0. The predicted octanol–water partition coefficient (Wildman–Crippen LogP) is 3.55. The molecular formula is C25H22N2O2. The molecule has 0 fully saturated rings. The summed E-state index contributed by atoms with van der Waals surface area (Å²) in [4.78, 5) is 13.6. The van der Waals surface area contributed by atoms with Gasteiger partial charge in [-0.2, -0.15) is 4.57 Å². The Labute approximate surface area is 169 Å². The molecule has 2 aromatic carbocycles. The van der Waals surface area contributed by atoms with E-state index < -0.39 is 0 Å². The Morgan fingerprint density at radius 2 is 1.62 bits per heavy atom. The predicted molar refractivity (Wildman–Crippen MR) is 113 cm³/mol. The van der Waals surface area contributed by atoms with Crippen molar-refractivity contribution >= 4 is 11.3 Å². The highest BCUT2D eigenvalue weighted by atomic mass is 16.3. The highest BCUT2D eigenvalue weighted by Gasteiger charge is 2.23. The molecule has 0 amide bonds. The van der Waals surface area contributed by atoms with Crippen LogP contribution in [0.3, 0.4) is 0 Å². The lowest BCUT2D eigenvalue weighted by Gasteiger charge is -2.16. The summed E-state index contributed by atoms with van der Waals surface area (Å²) in [6.07, 6.45) is 4.81. The van der Waals surface area contributed by atoms with Crippen LogP contribution in [0.5, 0.6) is 5.88 Å². The molecule has 0 atom stereocenters. The number of aromatic nitrogens is 2. The Hall–Kier alpha value is -3.66. The van der Waals surface area contributed by atoms with Crippen LogP contribution in [-0.2, 0) is 6.42 Å². The van der Waals surface area contributed by atoms with Gasteiger partial charge in [0.15, 0.2) is 0 Å². The zero-order valence-electron chi connectivity index (χ0n) is 16.3. The number of hydrogen-bond acceptors (Lipinski definition) is 2. The van der Waals surface area contributed by atoms with E-state index in [1.54, 1.807) is 21.2 Å². The number of benzene rings is 2. The smallest absolute Gasteiger partial charge is 0.345 e. The Kier molecular flexibility index (Phi) is 5.25. The Bertz CT molecular complexity index is 1230. The normalized spacial score (nSPS) is 11.7. The van der Waals surface area contributed by atoms with Crippen LogP contribution >= 0.6 is 0 Å². The number of allylic oxidation sites excluding steroid dienone is 1. The average molecular weight is 382 g/mol. The maximum atomic E-state index is 13.6. The minimum absolute atomic E-state index is 0.262. The quantitative estimate of drug-likeness (QED) is 0.496. The van der Waals surface area contributed by atoms with Gasteiger partial charge in [-0.15, -0.1) is 0 Å². The largest absolute Gasteiger partial charge is 0.842 e. The van der Waals surface area contributed by atoms with Crippen molar-refractivity contribution in [1.29, 1.82) is 0 Å². The van der Waals surface area contributed by atoms with Crippen LogP contribution in [0.15, 0.2) is 95.9 Å². The van der Waals surface area contributed by atoms with Crippen molar-refractivity contribution in [3.8, 4) is 5.88 Å². The van der Waals surface area contributed by atoms with Gasteiger partial charge in [0.2, 0.25) is 0 Å². The third kappa shape index (κ3) is 3.57. The topological polar surface area (TPSA) is 49.2 Å². The maximum absolute atomic E-state index is 13.6. The van der Waals surface area contributed by atoms with Crippen LogP contribution in [0.2, 0.25) is 0 Å². The second-order valence-electron chi connectivity index (χ2n) is 6.88. The molecule has 0 saturated heterocycles. The van der Waals surface area contributed by atoms with Gasteiger partial charge in [-0.25, -0.2) is 9.20 Å². The van der Waals surface area contributed by atoms with E-state index in [0.717, 1.165) is 23.2 Å². The van der Waals surface area contributed by atoms with E-state index in [4.69, 9.17) is 0 Å². The minimum atomic E-state index is -0.270. The van der Waals surface area contributed by atoms with Gasteiger partial charge < -0.3 is 5.11 Å². The molecule has 0 spiro atoms.